The van der Waals surface area contributed by atoms with Crippen LogP contribution < -0.4 is 11.1 Å². The number of carbonyl (C=O) groups is 1. The molecule has 0 aliphatic heterocycles. The molecule has 0 aromatic heterocycles. The molecule has 3 N–H and O–H groups in total. The Labute approximate surface area is 110 Å². The normalized spacial score (nSPS) is 12.5. The molecule has 3 heteroatoms. The Bertz CT molecular complexity index is 367. The predicted molar refractivity (Wildman–Crippen MR) is 76.6 cm³/mol. The van der Waals surface area contributed by atoms with Gasteiger partial charge < -0.3 is 11.1 Å². The van der Waals surface area contributed by atoms with Crippen LogP contribution in [-0.4, -0.2) is 12.5 Å². The lowest BCUT2D eigenvalue weighted by Gasteiger charge is -2.12. The van der Waals surface area contributed by atoms with Crippen LogP contribution in [0.1, 0.15) is 45.1 Å². The highest BCUT2D eigenvalue weighted by molar-refractivity contribution is 5.90. The van der Waals surface area contributed by atoms with E-state index in [0.29, 0.717) is 18.9 Å². The summed E-state index contributed by atoms with van der Waals surface area (Å²) in [5, 5.41) is 2.91. The number of anilines is 1. The maximum absolute atomic E-state index is 11.8. The van der Waals surface area contributed by atoms with Gasteiger partial charge in [-0.15, -0.1) is 0 Å². The first kappa shape index (κ1) is 14.7. The third-order valence-electron chi connectivity index (χ3n) is 3.25. The summed E-state index contributed by atoms with van der Waals surface area (Å²) in [5.41, 5.74) is 7.73. The summed E-state index contributed by atoms with van der Waals surface area (Å²) < 4.78 is 0. The first-order valence-electron chi connectivity index (χ1n) is 6.66. The second kappa shape index (κ2) is 7.17. The van der Waals surface area contributed by atoms with Crippen molar-refractivity contribution in [2.45, 2.75) is 39.5 Å². The molecule has 1 atom stereocenters. The number of nitrogens with two attached hydrogens (primary N) is 1. The first-order valence-corrected chi connectivity index (χ1v) is 6.66. The van der Waals surface area contributed by atoms with E-state index in [1.807, 2.05) is 12.1 Å². The zero-order valence-electron chi connectivity index (χ0n) is 11.6. The third-order valence-corrected chi connectivity index (χ3v) is 3.25. The van der Waals surface area contributed by atoms with Gasteiger partial charge in [0.1, 0.15) is 0 Å². The van der Waals surface area contributed by atoms with Crippen LogP contribution in [0, 0.1) is 5.92 Å². The minimum Gasteiger partial charge on any atom is -0.330 e. The molecule has 0 aliphatic rings. The van der Waals surface area contributed by atoms with Gasteiger partial charge in [0, 0.05) is 12.1 Å². The monoisotopic (exact) mass is 248 g/mol. The van der Waals surface area contributed by atoms with Gasteiger partial charge >= 0.3 is 0 Å². The third kappa shape index (κ3) is 4.49. The molecule has 0 fully saturated rings. The van der Waals surface area contributed by atoms with Crippen molar-refractivity contribution in [3.8, 4) is 0 Å². The minimum absolute atomic E-state index is 0.0459. The van der Waals surface area contributed by atoms with E-state index < -0.39 is 0 Å². The maximum atomic E-state index is 11.8. The first-order chi connectivity index (χ1) is 8.56. The van der Waals surface area contributed by atoms with Gasteiger partial charge in [0.15, 0.2) is 0 Å². The molecule has 0 bridgehead atoms. The van der Waals surface area contributed by atoms with Crippen LogP contribution in [0.3, 0.4) is 0 Å². The van der Waals surface area contributed by atoms with Crippen molar-refractivity contribution in [2.75, 3.05) is 11.9 Å². The second-order valence-electron chi connectivity index (χ2n) is 5.04. The van der Waals surface area contributed by atoms with Crippen LogP contribution in [0.25, 0.3) is 0 Å². The van der Waals surface area contributed by atoms with Crippen molar-refractivity contribution in [1.29, 1.82) is 0 Å². The van der Waals surface area contributed by atoms with E-state index in [1.165, 1.54) is 5.56 Å². The molecule has 1 aromatic rings. The Morgan fingerprint density at radius 1 is 1.28 bits per heavy atom. The van der Waals surface area contributed by atoms with Gasteiger partial charge in [-0.2, -0.15) is 0 Å². The zero-order chi connectivity index (χ0) is 13.5. The summed E-state index contributed by atoms with van der Waals surface area (Å²) in [6, 6.07) is 8.02. The van der Waals surface area contributed by atoms with Crippen molar-refractivity contribution in [3.05, 3.63) is 29.8 Å². The number of hydrogen-bond donors (Lipinski definition) is 2. The molecule has 1 rings (SSSR count). The minimum atomic E-state index is 0.0459. The molecule has 0 spiro atoms. The molecular weight excluding hydrogens is 224 g/mol. The molecule has 0 saturated heterocycles. The Balaban J connectivity index is 2.54. The topological polar surface area (TPSA) is 55.1 Å². The molecule has 3 nitrogen and oxygen atoms in total. The largest absolute Gasteiger partial charge is 0.330 e. The summed E-state index contributed by atoms with van der Waals surface area (Å²) in [6.07, 6.45) is 1.44. The van der Waals surface area contributed by atoms with E-state index in [0.717, 1.165) is 12.1 Å². The average molecular weight is 248 g/mol. The van der Waals surface area contributed by atoms with Gasteiger partial charge in [0.2, 0.25) is 5.91 Å². The summed E-state index contributed by atoms with van der Waals surface area (Å²) in [7, 11) is 0. The van der Waals surface area contributed by atoms with E-state index in [1.54, 1.807) is 0 Å². The maximum Gasteiger partial charge on any atom is 0.224 e. The number of nitrogens with one attached hydrogen (secondary N) is 1. The number of carbonyl (C=O) groups excluding carboxylic acids is 1. The predicted octanol–water partition coefficient (Wildman–Crippen LogP) is 3.12. The summed E-state index contributed by atoms with van der Waals surface area (Å²) in [5.74, 6) is 0.834. The highest BCUT2D eigenvalue weighted by Crippen LogP contribution is 2.17. The quantitative estimate of drug-likeness (QED) is 0.812. The Morgan fingerprint density at radius 2 is 1.89 bits per heavy atom. The Kier molecular flexibility index (Phi) is 5.86. The molecular formula is C15H24N2O. The summed E-state index contributed by atoms with van der Waals surface area (Å²) in [6.45, 7) is 6.93. The number of hydrogen-bond acceptors (Lipinski definition) is 2. The molecule has 0 saturated carbocycles. The molecule has 0 radical (unpaired) electrons. The highest BCUT2D eigenvalue weighted by atomic mass is 16.1. The Morgan fingerprint density at radius 3 is 2.33 bits per heavy atom. The Hall–Kier alpha value is -1.35. The van der Waals surface area contributed by atoms with E-state index in [4.69, 9.17) is 5.73 Å². The highest BCUT2D eigenvalue weighted by Gasteiger charge is 2.10. The molecule has 1 amide bonds. The van der Waals surface area contributed by atoms with Crippen LogP contribution in [0.5, 0.6) is 0 Å². The lowest BCUT2D eigenvalue weighted by molar-refractivity contribution is -0.117. The van der Waals surface area contributed by atoms with Crippen LogP contribution >= 0.6 is 0 Å². The zero-order valence-corrected chi connectivity index (χ0v) is 11.6. The second-order valence-corrected chi connectivity index (χ2v) is 5.04. The fourth-order valence-corrected chi connectivity index (χ4v) is 1.82. The van der Waals surface area contributed by atoms with Gasteiger partial charge in [-0.05, 0) is 36.1 Å². The average Bonchev–Trinajstić information content (AvgIpc) is 2.36. The van der Waals surface area contributed by atoms with Crippen LogP contribution in [-0.2, 0) is 4.79 Å². The van der Waals surface area contributed by atoms with E-state index in [9.17, 15) is 4.79 Å². The van der Waals surface area contributed by atoms with Crippen molar-refractivity contribution in [3.63, 3.8) is 0 Å². The molecule has 18 heavy (non-hydrogen) atoms. The van der Waals surface area contributed by atoms with E-state index in [-0.39, 0.29) is 11.8 Å². The SMILES string of the molecule is CCC(CN)CC(=O)Nc1ccc(C(C)C)cc1. The van der Waals surface area contributed by atoms with Crippen LogP contribution in [0.4, 0.5) is 5.69 Å². The van der Waals surface area contributed by atoms with Crippen LogP contribution in [0.2, 0.25) is 0 Å². The fraction of sp³-hybridized carbons (Fsp3) is 0.533. The number of benzene rings is 1. The van der Waals surface area contributed by atoms with Crippen molar-refractivity contribution in [1.82, 2.24) is 0 Å². The smallest absolute Gasteiger partial charge is 0.224 e. The van der Waals surface area contributed by atoms with Crippen molar-refractivity contribution in [2.24, 2.45) is 11.7 Å². The van der Waals surface area contributed by atoms with Crippen molar-refractivity contribution < 1.29 is 4.79 Å². The van der Waals surface area contributed by atoms with Gasteiger partial charge in [-0.25, -0.2) is 0 Å². The number of amides is 1. The molecule has 1 unspecified atom stereocenters. The standard InChI is InChI=1S/C15H24N2O/c1-4-12(10-16)9-15(18)17-14-7-5-13(6-8-14)11(2)3/h5-8,11-12H,4,9-10,16H2,1-3H3,(H,17,18). The lowest BCUT2D eigenvalue weighted by Crippen LogP contribution is -2.21. The fourth-order valence-electron chi connectivity index (χ4n) is 1.82. The molecule has 100 valence electrons. The van der Waals surface area contributed by atoms with E-state index >= 15 is 0 Å². The summed E-state index contributed by atoms with van der Waals surface area (Å²) >= 11 is 0. The van der Waals surface area contributed by atoms with E-state index in [2.05, 4.69) is 38.2 Å². The van der Waals surface area contributed by atoms with Gasteiger partial charge in [0.25, 0.3) is 0 Å². The summed E-state index contributed by atoms with van der Waals surface area (Å²) in [4.78, 5) is 11.8. The number of rotatable bonds is 6. The van der Waals surface area contributed by atoms with Gasteiger partial charge in [0.05, 0.1) is 0 Å². The van der Waals surface area contributed by atoms with Crippen molar-refractivity contribution >= 4 is 11.6 Å². The van der Waals surface area contributed by atoms with Crippen LogP contribution in [0.15, 0.2) is 24.3 Å². The molecule has 0 heterocycles. The molecule has 0 aliphatic carbocycles. The van der Waals surface area contributed by atoms with Gasteiger partial charge in [-0.3, -0.25) is 4.79 Å². The molecule has 1 aromatic carbocycles. The van der Waals surface area contributed by atoms with Gasteiger partial charge in [-0.1, -0.05) is 39.3 Å². The lowest BCUT2D eigenvalue weighted by atomic mass is 10.0.